The molecule has 0 aliphatic carbocycles. The summed E-state index contributed by atoms with van der Waals surface area (Å²) in [5, 5.41) is 2.71. The lowest BCUT2D eigenvalue weighted by Crippen LogP contribution is -2.42. The van der Waals surface area contributed by atoms with Crippen LogP contribution in [0.1, 0.15) is 18.4 Å². The van der Waals surface area contributed by atoms with Crippen LogP contribution < -0.4 is 5.32 Å². The maximum absolute atomic E-state index is 11.9. The van der Waals surface area contributed by atoms with E-state index in [9.17, 15) is 14.4 Å². The Morgan fingerprint density at radius 1 is 1.19 bits per heavy atom. The molecule has 6 heteroatoms. The van der Waals surface area contributed by atoms with Gasteiger partial charge in [-0.25, -0.2) is 4.79 Å². The lowest BCUT2D eigenvalue weighted by molar-refractivity contribution is -0.138. The van der Waals surface area contributed by atoms with Gasteiger partial charge in [-0.2, -0.15) is 0 Å². The molecule has 1 aromatic rings. The van der Waals surface area contributed by atoms with Gasteiger partial charge in [0.2, 0.25) is 11.8 Å². The first kappa shape index (κ1) is 15.0. The molecular formula is C15H19N3O3. The minimum Gasteiger partial charge on any atom is -0.336 e. The highest BCUT2D eigenvalue weighted by Crippen LogP contribution is 2.10. The number of nitrogens with zero attached hydrogens (tertiary/aromatic N) is 2. The molecule has 0 radical (unpaired) electrons. The first-order chi connectivity index (χ1) is 10.1. The third kappa shape index (κ3) is 4.05. The van der Waals surface area contributed by atoms with E-state index >= 15 is 0 Å². The highest BCUT2D eigenvalue weighted by molar-refractivity contribution is 6.01. The summed E-state index contributed by atoms with van der Waals surface area (Å²) in [7, 11) is 1.70. The van der Waals surface area contributed by atoms with Crippen molar-refractivity contribution in [2.24, 2.45) is 0 Å². The molecule has 21 heavy (non-hydrogen) atoms. The van der Waals surface area contributed by atoms with E-state index in [4.69, 9.17) is 0 Å². The van der Waals surface area contributed by atoms with E-state index in [0.29, 0.717) is 6.54 Å². The molecule has 0 atom stereocenters. The van der Waals surface area contributed by atoms with Crippen molar-refractivity contribution in [3.8, 4) is 0 Å². The van der Waals surface area contributed by atoms with Crippen LogP contribution in [0.15, 0.2) is 30.3 Å². The molecule has 1 fully saturated rings. The quantitative estimate of drug-likeness (QED) is 0.821. The average Bonchev–Trinajstić information content (AvgIpc) is 2.80. The van der Waals surface area contributed by atoms with Gasteiger partial charge < -0.3 is 10.2 Å². The van der Waals surface area contributed by atoms with E-state index in [1.165, 1.54) is 4.90 Å². The summed E-state index contributed by atoms with van der Waals surface area (Å²) in [5.74, 6) is -0.321. The van der Waals surface area contributed by atoms with Gasteiger partial charge in [0.15, 0.2) is 0 Å². The fraction of sp³-hybridized carbons (Fsp3) is 0.400. The summed E-state index contributed by atoms with van der Waals surface area (Å²) in [6, 6.07) is 9.44. The van der Waals surface area contributed by atoms with E-state index in [-0.39, 0.29) is 43.8 Å². The Morgan fingerprint density at radius 3 is 2.43 bits per heavy atom. The van der Waals surface area contributed by atoms with Crippen molar-refractivity contribution in [3.63, 3.8) is 0 Å². The summed E-state index contributed by atoms with van der Waals surface area (Å²) < 4.78 is 0. The van der Waals surface area contributed by atoms with Gasteiger partial charge in [-0.3, -0.25) is 14.5 Å². The summed E-state index contributed by atoms with van der Waals surface area (Å²) in [4.78, 5) is 37.5. The van der Waals surface area contributed by atoms with Crippen molar-refractivity contribution in [3.05, 3.63) is 35.9 Å². The number of amides is 4. The van der Waals surface area contributed by atoms with Crippen LogP contribution >= 0.6 is 0 Å². The minimum atomic E-state index is -0.224. The number of benzene rings is 1. The molecule has 1 saturated heterocycles. The van der Waals surface area contributed by atoms with Crippen LogP contribution in [0, 0.1) is 0 Å². The molecule has 0 spiro atoms. The number of nitrogens with one attached hydrogen (secondary N) is 1. The van der Waals surface area contributed by atoms with Crippen LogP contribution in [0.3, 0.4) is 0 Å². The number of imide groups is 1. The summed E-state index contributed by atoms with van der Waals surface area (Å²) in [6.45, 7) is 1.02. The zero-order valence-corrected chi connectivity index (χ0v) is 12.0. The lowest BCUT2D eigenvalue weighted by atomic mass is 10.2. The van der Waals surface area contributed by atoms with Gasteiger partial charge in [0.1, 0.15) is 0 Å². The molecule has 1 aliphatic heterocycles. The Labute approximate surface area is 123 Å². The second-order valence-corrected chi connectivity index (χ2v) is 5.01. The first-order valence-corrected chi connectivity index (χ1v) is 6.94. The smallest absolute Gasteiger partial charge is 0.317 e. The van der Waals surface area contributed by atoms with Gasteiger partial charge in [0, 0.05) is 39.5 Å². The Hall–Kier alpha value is -2.37. The predicted molar refractivity (Wildman–Crippen MR) is 77.3 cm³/mol. The SMILES string of the molecule is CN(Cc1ccccc1)C(=O)NCCN1C(=O)CCC1=O. The van der Waals surface area contributed by atoms with Gasteiger partial charge in [0.25, 0.3) is 0 Å². The molecule has 6 nitrogen and oxygen atoms in total. The highest BCUT2D eigenvalue weighted by atomic mass is 16.2. The Morgan fingerprint density at radius 2 is 1.81 bits per heavy atom. The Kier molecular flexibility index (Phi) is 4.92. The van der Waals surface area contributed by atoms with Crippen LogP contribution in [0.4, 0.5) is 4.79 Å². The number of hydrogen-bond acceptors (Lipinski definition) is 3. The summed E-state index contributed by atoms with van der Waals surface area (Å²) >= 11 is 0. The largest absolute Gasteiger partial charge is 0.336 e. The Balaban J connectivity index is 1.74. The number of carbonyl (C=O) groups is 3. The fourth-order valence-corrected chi connectivity index (χ4v) is 2.21. The fourth-order valence-electron chi connectivity index (χ4n) is 2.21. The third-order valence-corrected chi connectivity index (χ3v) is 3.38. The molecule has 0 unspecified atom stereocenters. The van der Waals surface area contributed by atoms with E-state index in [1.807, 2.05) is 30.3 Å². The zero-order valence-electron chi connectivity index (χ0n) is 12.0. The van der Waals surface area contributed by atoms with Crippen molar-refractivity contribution < 1.29 is 14.4 Å². The van der Waals surface area contributed by atoms with Crippen molar-refractivity contribution in [1.82, 2.24) is 15.1 Å². The maximum atomic E-state index is 11.9. The van der Waals surface area contributed by atoms with Crippen LogP contribution in [0.25, 0.3) is 0 Å². The van der Waals surface area contributed by atoms with Gasteiger partial charge in [-0.1, -0.05) is 30.3 Å². The third-order valence-electron chi connectivity index (χ3n) is 3.38. The van der Waals surface area contributed by atoms with Gasteiger partial charge >= 0.3 is 6.03 Å². The van der Waals surface area contributed by atoms with E-state index in [1.54, 1.807) is 11.9 Å². The number of carbonyl (C=O) groups excluding carboxylic acids is 3. The molecule has 2 rings (SSSR count). The molecule has 1 aliphatic rings. The molecular weight excluding hydrogens is 270 g/mol. The first-order valence-electron chi connectivity index (χ1n) is 6.94. The molecule has 4 amide bonds. The van der Waals surface area contributed by atoms with Crippen LogP contribution in [0.5, 0.6) is 0 Å². The predicted octanol–water partition coefficient (Wildman–Crippen LogP) is 0.977. The molecule has 1 heterocycles. The monoisotopic (exact) mass is 289 g/mol. The zero-order chi connectivity index (χ0) is 15.2. The second kappa shape index (κ2) is 6.88. The second-order valence-electron chi connectivity index (χ2n) is 5.01. The molecule has 112 valence electrons. The normalized spacial score (nSPS) is 14.4. The molecule has 0 saturated carbocycles. The summed E-state index contributed by atoms with van der Waals surface area (Å²) in [5.41, 5.74) is 1.04. The van der Waals surface area contributed by atoms with E-state index in [2.05, 4.69) is 5.32 Å². The number of hydrogen-bond donors (Lipinski definition) is 1. The topological polar surface area (TPSA) is 69.7 Å². The number of likely N-dealkylation sites (tertiary alicyclic amines) is 1. The van der Waals surface area contributed by atoms with Crippen LogP contribution in [-0.4, -0.2) is 47.8 Å². The standard InChI is InChI=1S/C15H19N3O3/c1-17(11-12-5-3-2-4-6-12)15(21)16-9-10-18-13(19)7-8-14(18)20/h2-6H,7-11H2,1H3,(H,16,21). The number of urea groups is 1. The molecule has 1 N–H and O–H groups in total. The van der Waals surface area contributed by atoms with Crippen molar-refractivity contribution in [1.29, 1.82) is 0 Å². The van der Waals surface area contributed by atoms with Crippen LogP contribution in [-0.2, 0) is 16.1 Å². The molecule has 0 bridgehead atoms. The molecule has 0 aromatic heterocycles. The van der Waals surface area contributed by atoms with Gasteiger partial charge in [-0.15, -0.1) is 0 Å². The maximum Gasteiger partial charge on any atom is 0.317 e. The van der Waals surface area contributed by atoms with Crippen molar-refractivity contribution in [2.45, 2.75) is 19.4 Å². The van der Waals surface area contributed by atoms with Gasteiger partial charge in [0.05, 0.1) is 0 Å². The van der Waals surface area contributed by atoms with E-state index < -0.39 is 0 Å². The average molecular weight is 289 g/mol. The van der Waals surface area contributed by atoms with E-state index in [0.717, 1.165) is 5.56 Å². The van der Waals surface area contributed by atoms with Gasteiger partial charge in [-0.05, 0) is 5.56 Å². The van der Waals surface area contributed by atoms with Crippen molar-refractivity contribution in [2.75, 3.05) is 20.1 Å². The lowest BCUT2D eigenvalue weighted by Gasteiger charge is -2.19. The minimum absolute atomic E-state index is 0.160. The Bertz CT molecular complexity index is 514. The van der Waals surface area contributed by atoms with Crippen molar-refractivity contribution >= 4 is 17.8 Å². The molecule has 1 aromatic carbocycles. The highest BCUT2D eigenvalue weighted by Gasteiger charge is 2.28. The summed E-state index contributed by atoms with van der Waals surface area (Å²) in [6.07, 6.45) is 0.557. The number of rotatable bonds is 5. The van der Waals surface area contributed by atoms with Crippen LogP contribution in [0.2, 0.25) is 0 Å².